The van der Waals surface area contributed by atoms with Gasteiger partial charge in [-0.05, 0) is 49.3 Å². The number of fused-ring (bicyclic) bond motifs is 4. The van der Waals surface area contributed by atoms with Gasteiger partial charge < -0.3 is 29.2 Å². The first-order valence-electron chi connectivity index (χ1n) is 10.8. The van der Waals surface area contributed by atoms with Crippen molar-refractivity contribution in [2.75, 3.05) is 27.4 Å². The zero-order valence-corrected chi connectivity index (χ0v) is 19.8. The van der Waals surface area contributed by atoms with Gasteiger partial charge in [0.25, 0.3) is 0 Å². The Balaban J connectivity index is 1.65. The number of nitrogens with one attached hydrogen (secondary N) is 1. The summed E-state index contributed by atoms with van der Waals surface area (Å²) in [6.07, 6.45) is 2.21. The van der Waals surface area contributed by atoms with Gasteiger partial charge in [0.1, 0.15) is 18.3 Å². The first-order valence-corrected chi connectivity index (χ1v) is 11.2. The number of ether oxygens (including phenoxy) is 4. The molecule has 1 fully saturated rings. The van der Waals surface area contributed by atoms with Gasteiger partial charge in [0.2, 0.25) is 0 Å². The average Bonchev–Trinajstić information content (AvgIpc) is 2.81. The lowest BCUT2D eigenvalue weighted by Crippen LogP contribution is -2.71. The van der Waals surface area contributed by atoms with Crippen LogP contribution in [0.25, 0.3) is 0 Å². The fraction of sp³-hybridized carbons (Fsp3) is 0.360. The molecule has 2 aliphatic heterocycles. The number of para-hydroxylation sites is 1. The van der Waals surface area contributed by atoms with Crippen LogP contribution in [0.1, 0.15) is 24.1 Å². The second-order valence-corrected chi connectivity index (χ2v) is 8.50. The summed E-state index contributed by atoms with van der Waals surface area (Å²) in [6.45, 7) is 6.21. The minimum atomic E-state index is -1.02. The molecule has 0 spiro atoms. The van der Waals surface area contributed by atoms with Gasteiger partial charge in [-0.25, -0.2) is 0 Å². The molecule has 3 atom stereocenters. The van der Waals surface area contributed by atoms with E-state index in [1.54, 1.807) is 20.3 Å². The molecule has 2 aliphatic rings. The van der Waals surface area contributed by atoms with E-state index in [4.69, 9.17) is 31.2 Å². The first-order chi connectivity index (χ1) is 15.9. The van der Waals surface area contributed by atoms with Crippen molar-refractivity contribution in [3.8, 4) is 17.2 Å². The third-order valence-electron chi connectivity index (χ3n) is 6.21. The van der Waals surface area contributed by atoms with E-state index in [1.807, 2.05) is 54.3 Å². The predicted octanol–water partition coefficient (Wildman–Crippen LogP) is 3.63. The molecule has 33 heavy (non-hydrogen) atoms. The maximum absolute atomic E-state index is 13.2. The molecule has 0 radical (unpaired) electrons. The van der Waals surface area contributed by atoms with Crippen LogP contribution in [0, 0.1) is 5.92 Å². The molecule has 0 unspecified atom stereocenters. The largest absolute Gasteiger partial charge is 0.493 e. The number of esters is 1. The van der Waals surface area contributed by atoms with Crippen molar-refractivity contribution >= 4 is 23.3 Å². The van der Waals surface area contributed by atoms with Crippen molar-refractivity contribution in [1.29, 1.82) is 0 Å². The SMILES string of the molecule is C=CCOC(=O)[C@@H]1[C@H]2NC(=S)N(CCc3ccc(OC)c(OC)c3)[C@@]1(C)Oc1ccccc12. The highest BCUT2D eigenvalue weighted by atomic mass is 32.1. The average molecular weight is 469 g/mol. The third-order valence-corrected chi connectivity index (χ3v) is 6.55. The van der Waals surface area contributed by atoms with E-state index in [0.717, 1.165) is 16.9 Å². The zero-order valence-electron chi connectivity index (χ0n) is 19.0. The van der Waals surface area contributed by atoms with Gasteiger partial charge in [-0.1, -0.05) is 36.9 Å². The molecule has 7 nitrogen and oxygen atoms in total. The number of nitrogens with zero attached hydrogens (tertiary/aromatic N) is 1. The second kappa shape index (κ2) is 9.31. The zero-order chi connectivity index (χ0) is 23.6. The van der Waals surface area contributed by atoms with Crippen LogP contribution in [0.4, 0.5) is 0 Å². The Morgan fingerprint density at radius 2 is 2.00 bits per heavy atom. The minimum absolute atomic E-state index is 0.135. The Labute approximate surface area is 199 Å². The topological polar surface area (TPSA) is 69.3 Å². The molecule has 2 aromatic carbocycles. The van der Waals surface area contributed by atoms with Gasteiger partial charge >= 0.3 is 5.97 Å². The molecular weight excluding hydrogens is 440 g/mol. The summed E-state index contributed by atoms with van der Waals surface area (Å²) in [5, 5.41) is 3.90. The van der Waals surface area contributed by atoms with Gasteiger partial charge in [0.15, 0.2) is 22.3 Å². The Hall–Kier alpha value is -3.26. The van der Waals surface area contributed by atoms with Crippen LogP contribution < -0.4 is 19.5 Å². The van der Waals surface area contributed by atoms with Crippen molar-refractivity contribution in [1.82, 2.24) is 10.2 Å². The van der Waals surface area contributed by atoms with E-state index in [2.05, 4.69) is 11.9 Å². The van der Waals surface area contributed by atoms with E-state index >= 15 is 0 Å². The number of thiocarbonyl (C=S) groups is 1. The number of carbonyl (C=O) groups is 1. The van der Waals surface area contributed by atoms with E-state index in [-0.39, 0.29) is 18.6 Å². The van der Waals surface area contributed by atoms with E-state index < -0.39 is 11.6 Å². The highest BCUT2D eigenvalue weighted by Crippen LogP contribution is 2.48. The van der Waals surface area contributed by atoms with Gasteiger partial charge in [-0.3, -0.25) is 4.79 Å². The molecule has 8 heteroatoms. The van der Waals surface area contributed by atoms with Crippen molar-refractivity contribution < 1.29 is 23.7 Å². The summed E-state index contributed by atoms with van der Waals surface area (Å²) in [4.78, 5) is 15.1. The van der Waals surface area contributed by atoms with Crippen LogP contribution in [-0.2, 0) is 16.0 Å². The minimum Gasteiger partial charge on any atom is -0.493 e. The van der Waals surface area contributed by atoms with Crippen LogP contribution in [0.2, 0.25) is 0 Å². The van der Waals surface area contributed by atoms with Gasteiger partial charge in [0, 0.05) is 12.1 Å². The summed E-state index contributed by atoms with van der Waals surface area (Å²) >= 11 is 5.73. The number of benzene rings is 2. The predicted molar refractivity (Wildman–Crippen MR) is 129 cm³/mol. The highest BCUT2D eigenvalue weighted by molar-refractivity contribution is 7.80. The van der Waals surface area contributed by atoms with Gasteiger partial charge in [-0.15, -0.1) is 0 Å². The molecule has 2 bridgehead atoms. The molecule has 0 saturated carbocycles. The Morgan fingerprint density at radius 1 is 1.24 bits per heavy atom. The summed E-state index contributed by atoms with van der Waals surface area (Å²) in [7, 11) is 3.22. The maximum Gasteiger partial charge on any atom is 0.317 e. The molecule has 174 valence electrons. The van der Waals surface area contributed by atoms with Crippen LogP contribution in [0.5, 0.6) is 17.2 Å². The Bertz CT molecular complexity index is 1070. The normalized spacial score (nSPS) is 23.0. The quantitative estimate of drug-likeness (QED) is 0.358. The number of methoxy groups -OCH3 is 2. The van der Waals surface area contributed by atoms with Gasteiger partial charge in [-0.2, -0.15) is 0 Å². The number of rotatable bonds is 8. The lowest BCUT2D eigenvalue weighted by atomic mass is 9.79. The van der Waals surface area contributed by atoms with E-state index in [1.165, 1.54) is 0 Å². The Kier molecular flexibility index (Phi) is 6.47. The van der Waals surface area contributed by atoms with Crippen molar-refractivity contribution in [2.45, 2.75) is 25.1 Å². The number of hydrogen-bond acceptors (Lipinski definition) is 6. The molecule has 0 amide bonds. The van der Waals surface area contributed by atoms with Crippen LogP contribution in [0.15, 0.2) is 55.1 Å². The van der Waals surface area contributed by atoms with Crippen molar-refractivity contribution in [3.05, 3.63) is 66.2 Å². The molecule has 0 aliphatic carbocycles. The number of carbonyl (C=O) groups excluding carboxylic acids is 1. The fourth-order valence-corrected chi connectivity index (χ4v) is 4.99. The summed E-state index contributed by atoms with van der Waals surface area (Å²) in [5.74, 6) is 1.08. The lowest BCUT2D eigenvalue weighted by molar-refractivity contribution is -0.174. The van der Waals surface area contributed by atoms with Gasteiger partial charge in [0.05, 0.1) is 20.3 Å². The summed E-state index contributed by atoms with van der Waals surface area (Å²) in [6, 6.07) is 13.2. The smallest absolute Gasteiger partial charge is 0.317 e. The highest BCUT2D eigenvalue weighted by Gasteiger charge is 2.59. The summed E-state index contributed by atoms with van der Waals surface area (Å²) < 4.78 is 22.7. The fourth-order valence-electron chi connectivity index (χ4n) is 4.59. The third kappa shape index (κ3) is 4.11. The molecule has 4 rings (SSSR count). The lowest BCUT2D eigenvalue weighted by Gasteiger charge is -2.55. The monoisotopic (exact) mass is 468 g/mol. The van der Waals surface area contributed by atoms with Crippen LogP contribution in [-0.4, -0.2) is 49.1 Å². The molecule has 1 saturated heterocycles. The summed E-state index contributed by atoms with van der Waals surface area (Å²) in [5.41, 5.74) is 0.913. The maximum atomic E-state index is 13.2. The first kappa shape index (κ1) is 22.9. The van der Waals surface area contributed by atoms with E-state index in [0.29, 0.717) is 29.6 Å². The number of hydrogen-bond donors (Lipinski definition) is 1. The molecule has 0 aromatic heterocycles. The van der Waals surface area contributed by atoms with E-state index in [9.17, 15) is 4.79 Å². The standard InChI is InChI=1S/C25H28N2O5S/c1-5-14-31-23(28)21-22-17-8-6-7-9-18(17)32-25(21,2)27(24(33)26-22)13-12-16-10-11-19(29-3)20(15-16)30-4/h5-11,15,21-22H,1,12-14H2,2-4H3,(H,26,33)/t21-,22-,25-/m0/s1. The molecular formula is C25H28N2O5S. The van der Waals surface area contributed by atoms with Crippen LogP contribution >= 0.6 is 12.2 Å². The van der Waals surface area contributed by atoms with Crippen LogP contribution in [0.3, 0.4) is 0 Å². The molecule has 1 N–H and O–H groups in total. The molecule has 2 heterocycles. The second-order valence-electron chi connectivity index (χ2n) is 8.11. The van der Waals surface area contributed by atoms with Crippen molar-refractivity contribution in [3.63, 3.8) is 0 Å². The molecule has 2 aromatic rings. The van der Waals surface area contributed by atoms with Crippen molar-refractivity contribution in [2.24, 2.45) is 5.92 Å². The Morgan fingerprint density at radius 3 is 2.73 bits per heavy atom.